The van der Waals surface area contributed by atoms with Crippen LogP contribution in [0.25, 0.3) is 0 Å². The lowest BCUT2D eigenvalue weighted by atomic mass is 10.2. The Labute approximate surface area is 132 Å². The first kappa shape index (κ1) is 16.6. The molecule has 1 aliphatic carbocycles. The molecule has 0 unspecified atom stereocenters. The second-order valence-corrected chi connectivity index (χ2v) is 5.67. The van der Waals surface area contributed by atoms with Crippen molar-refractivity contribution in [3.63, 3.8) is 0 Å². The van der Waals surface area contributed by atoms with Crippen LogP contribution in [0.15, 0.2) is 18.2 Å². The lowest BCUT2D eigenvalue weighted by Crippen LogP contribution is -2.34. The van der Waals surface area contributed by atoms with Crippen molar-refractivity contribution >= 4 is 5.91 Å². The van der Waals surface area contributed by atoms with Crippen LogP contribution in [0.5, 0.6) is 11.5 Å². The fourth-order valence-corrected chi connectivity index (χ4v) is 2.78. The van der Waals surface area contributed by atoms with Gasteiger partial charge in [-0.1, -0.05) is 25.0 Å². The fourth-order valence-electron chi connectivity index (χ4n) is 2.78. The van der Waals surface area contributed by atoms with Gasteiger partial charge in [-0.25, -0.2) is 0 Å². The Morgan fingerprint density at radius 2 is 2.14 bits per heavy atom. The SMILES string of the molecule is CCOc1cccc(CNCCC(=O)NC2CCCC2)c1O. The predicted octanol–water partition coefficient (Wildman–Crippen LogP) is 2.33. The van der Waals surface area contributed by atoms with Crippen molar-refractivity contribution in [3.8, 4) is 11.5 Å². The van der Waals surface area contributed by atoms with Gasteiger partial charge in [0.05, 0.1) is 6.61 Å². The molecule has 22 heavy (non-hydrogen) atoms. The van der Waals surface area contributed by atoms with Crippen molar-refractivity contribution in [3.05, 3.63) is 23.8 Å². The Morgan fingerprint density at radius 3 is 2.86 bits per heavy atom. The number of benzene rings is 1. The van der Waals surface area contributed by atoms with Crippen molar-refractivity contribution in [2.75, 3.05) is 13.2 Å². The van der Waals surface area contributed by atoms with Gasteiger partial charge in [-0.3, -0.25) is 4.79 Å². The Balaban J connectivity index is 1.69. The number of hydrogen-bond donors (Lipinski definition) is 3. The highest BCUT2D eigenvalue weighted by Gasteiger charge is 2.16. The van der Waals surface area contributed by atoms with Gasteiger partial charge in [0.25, 0.3) is 0 Å². The standard InChI is InChI=1S/C17H26N2O3/c1-2-22-15-9-5-6-13(17(15)21)12-18-11-10-16(20)19-14-7-3-4-8-14/h5-6,9,14,18,21H,2-4,7-8,10-12H2,1H3,(H,19,20). The molecule has 1 aliphatic rings. The van der Waals surface area contributed by atoms with E-state index in [1.165, 1.54) is 12.8 Å². The Hall–Kier alpha value is -1.75. The Bertz CT molecular complexity index is 485. The summed E-state index contributed by atoms with van der Waals surface area (Å²) in [6, 6.07) is 5.83. The summed E-state index contributed by atoms with van der Waals surface area (Å²) >= 11 is 0. The molecule has 1 amide bonds. The summed E-state index contributed by atoms with van der Waals surface area (Å²) in [4.78, 5) is 11.8. The summed E-state index contributed by atoms with van der Waals surface area (Å²) in [6.45, 7) is 3.51. The highest BCUT2D eigenvalue weighted by Crippen LogP contribution is 2.29. The normalized spacial score (nSPS) is 15.0. The monoisotopic (exact) mass is 306 g/mol. The van der Waals surface area contributed by atoms with Crippen molar-refractivity contribution < 1.29 is 14.6 Å². The van der Waals surface area contributed by atoms with Crippen LogP contribution in [0.3, 0.4) is 0 Å². The van der Waals surface area contributed by atoms with Crippen LogP contribution in [0.1, 0.15) is 44.6 Å². The maximum absolute atomic E-state index is 11.8. The zero-order chi connectivity index (χ0) is 15.8. The van der Waals surface area contributed by atoms with Gasteiger partial charge in [0.15, 0.2) is 11.5 Å². The summed E-state index contributed by atoms with van der Waals surface area (Å²) in [5.41, 5.74) is 0.780. The average Bonchev–Trinajstić information content (AvgIpc) is 3.00. The molecule has 0 heterocycles. The van der Waals surface area contributed by atoms with Crippen molar-refractivity contribution in [1.82, 2.24) is 10.6 Å². The molecule has 5 nitrogen and oxygen atoms in total. The fraction of sp³-hybridized carbons (Fsp3) is 0.588. The molecular formula is C17H26N2O3. The molecule has 1 saturated carbocycles. The van der Waals surface area contributed by atoms with E-state index < -0.39 is 0 Å². The van der Waals surface area contributed by atoms with Gasteiger partial charge in [0.1, 0.15) is 0 Å². The first-order valence-electron chi connectivity index (χ1n) is 8.14. The van der Waals surface area contributed by atoms with Crippen LogP contribution in [-0.2, 0) is 11.3 Å². The van der Waals surface area contributed by atoms with Gasteiger partial charge in [0.2, 0.25) is 5.91 Å². The molecule has 0 aliphatic heterocycles. The number of phenols is 1. The third kappa shape index (κ3) is 4.91. The van der Waals surface area contributed by atoms with Crippen LogP contribution >= 0.6 is 0 Å². The molecular weight excluding hydrogens is 280 g/mol. The largest absolute Gasteiger partial charge is 0.504 e. The first-order valence-corrected chi connectivity index (χ1v) is 8.14. The molecule has 0 bridgehead atoms. The molecule has 122 valence electrons. The molecule has 0 atom stereocenters. The minimum Gasteiger partial charge on any atom is -0.504 e. The van der Waals surface area contributed by atoms with Gasteiger partial charge in [0, 0.05) is 31.1 Å². The number of phenolic OH excluding ortho intramolecular Hbond substituents is 1. The number of hydrogen-bond acceptors (Lipinski definition) is 4. The maximum Gasteiger partial charge on any atom is 0.221 e. The van der Waals surface area contributed by atoms with Crippen LogP contribution in [0.4, 0.5) is 0 Å². The van der Waals surface area contributed by atoms with Gasteiger partial charge >= 0.3 is 0 Å². The number of carbonyl (C=O) groups excluding carboxylic acids is 1. The van der Waals surface area contributed by atoms with E-state index in [4.69, 9.17) is 4.74 Å². The average molecular weight is 306 g/mol. The van der Waals surface area contributed by atoms with E-state index in [2.05, 4.69) is 10.6 Å². The Kier molecular flexibility index (Phi) is 6.52. The summed E-state index contributed by atoms with van der Waals surface area (Å²) in [5, 5.41) is 16.3. The third-order valence-electron chi connectivity index (χ3n) is 3.95. The minimum atomic E-state index is 0.103. The summed E-state index contributed by atoms with van der Waals surface area (Å²) in [5.74, 6) is 0.778. The van der Waals surface area contributed by atoms with E-state index in [9.17, 15) is 9.90 Å². The topological polar surface area (TPSA) is 70.6 Å². The molecule has 0 radical (unpaired) electrons. The highest BCUT2D eigenvalue weighted by atomic mass is 16.5. The second-order valence-electron chi connectivity index (χ2n) is 5.67. The molecule has 0 spiro atoms. The lowest BCUT2D eigenvalue weighted by Gasteiger charge is -2.13. The molecule has 2 rings (SSSR count). The third-order valence-corrected chi connectivity index (χ3v) is 3.95. The quantitative estimate of drug-likeness (QED) is 0.645. The van der Waals surface area contributed by atoms with Crippen molar-refractivity contribution in [1.29, 1.82) is 0 Å². The highest BCUT2D eigenvalue weighted by molar-refractivity contribution is 5.76. The van der Waals surface area contributed by atoms with Crippen LogP contribution < -0.4 is 15.4 Å². The van der Waals surface area contributed by atoms with E-state index in [0.717, 1.165) is 18.4 Å². The number of aromatic hydroxyl groups is 1. The first-order chi connectivity index (χ1) is 10.7. The molecule has 3 N–H and O–H groups in total. The van der Waals surface area contributed by atoms with E-state index in [1.54, 1.807) is 6.07 Å². The predicted molar refractivity (Wildman–Crippen MR) is 86.0 cm³/mol. The number of ether oxygens (including phenoxy) is 1. The van der Waals surface area contributed by atoms with Gasteiger partial charge < -0.3 is 20.5 Å². The van der Waals surface area contributed by atoms with Crippen LogP contribution in [0, 0.1) is 0 Å². The van der Waals surface area contributed by atoms with Crippen molar-refractivity contribution in [2.24, 2.45) is 0 Å². The zero-order valence-electron chi connectivity index (χ0n) is 13.2. The van der Waals surface area contributed by atoms with Gasteiger partial charge in [-0.2, -0.15) is 0 Å². The number of nitrogens with one attached hydrogen (secondary N) is 2. The minimum absolute atomic E-state index is 0.103. The molecule has 5 heteroatoms. The van der Waals surface area contributed by atoms with E-state index in [0.29, 0.717) is 37.9 Å². The molecule has 1 aromatic carbocycles. The van der Waals surface area contributed by atoms with E-state index >= 15 is 0 Å². The summed E-state index contributed by atoms with van der Waals surface area (Å²) in [7, 11) is 0. The van der Waals surface area contributed by atoms with E-state index in [-0.39, 0.29) is 11.7 Å². The smallest absolute Gasteiger partial charge is 0.221 e. The Morgan fingerprint density at radius 1 is 1.36 bits per heavy atom. The second kappa shape index (κ2) is 8.63. The molecule has 0 aromatic heterocycles. The summed E-state index contributed by atoms with van der Waals surface area (Å²) < 4.78 is 5.35. The van der Waals surface area contributed by atoms with Gasteiger partial charge in [-0.15, -0.1) is 0 Å². The zero-order valence-corrected chi connectivity index (χ0v) is 13.2. The van der Waals surface area contributed by atoms with E-state index in [1.807, 2.05) is 19.1 Å². The van der Waals surface area contributed by atoms with Gasteiger partial charge in [-0.05, 0) is 25.8 Å². The molecule has 0 saturated heterocycles. The maximum atomic E-state index is 11.8. The number of carbonyl (C=O) groups is 1. The van der Waals surface area contributed by atoms with Crippen LogP contribution in [0.2, 0.25) is 0 Å². The van der Waals surface area contributed by atoms with Crippen LogP contribution in [-0.4, -0.2) is 30.2 Å². The number of rotatable bonds is 8. The lowest BCUT2D eigenvalue weighted by molar-refractivity contribution is -0.121. The number of para-hydroxylation sites is 1. The summed E-state index contributed by atoms with van der Waals surface area (Å²) in [6.07, 6.45) is 5.12. The molecule has 1 aromatic rings. The number of amides is 1. The molecule has 1 fully saturated rings. The van der Waals surface area contributed by atoms with Crippen molar-refractivity contribution in [2.45, 2.75) is 51.6 Å².